The van der Waals surface area contributed by atoms with Gasteiger partial charge in [-0.3, -0.25) is 48.1 Å². The fourth-order valence-corrected chi connectivity index (χ4v) is 11.4. The van der Waals surface area contributed by atoms with Crippen molar-refractivity contribution in [2.75, 3.05) is 26.2 Å². The van der Waals surface area contributed by atoms with Crippen LogP contribution in [0.15, 0.2) is 59.4 Å². The van der Waals surface area contributed by atoms with Gasteiger partial charge in [0, 0.05) is 79.4 Å². The Balaban J connectivity index is 0.869. The summed E-state index contributed by atoms with van der Waals surface area (Å²) in [6.07, 6.45) is 4.28. The molecule has 0 fully saturated rings. The van der Waals surface area contributed by atoms with E-state index in [0.29, 0.717) is 89.5 Å². The highest BCUT2D eigenvalue weighted by molar-refractivity contribution is 6.12. The summed E-state index contributed by atoms with van der Waals surface area (Å²) in [5.74, 6) is -6.22. The van der Waals surface area contributed by atoms with Crippen molar-refractivity contribution in [3.8, 4) is 11.4 Å². The van der Waals surface area contributed by atoms with Gasteiger partial charge in [-0.15, -0.1) is 0 Å². The van der Waals surface area contributed by atoms with Crippen LogP contribution in [-0.2, 0) is 84.2 Å². The first kappa shape index (κ1) is 62.6. The lowest BCUT2D eigenvalue weighted by molar-refractivity contribution is -0.172. The number of amides is 7. The maximum atomic E-state index is 15.5. The number of nitrogens with zero attached hydrogens (tertiary/aromatic N) is 3. The van der Waals surface area contributed by atoms with Gasteiger partial charge in [0.2, 0.25) is 23.6 Å². The number of hydrogen-bond donors (Lipinski definition) is 6. The van der Waals surface area contributed by atoms with Crippen LogP contribution >= 0.6 is 0 Å². The molecule has 6 N–H and O–H groups in total. The first-order valence-electron chi connectivity index (χ1n) is 29.0. The Morgan fingerprint density at radius 3 is 2.32 bits per heavy atom. The summed E-state index contributed by atoms with van der Waals surface area (Å²) in [7, 11) is 0. The van der Waals surface area contributed by atoms with Crippen molar-refractivity contribution >= 4 is 70.0 Å². The molecule has 0 radical (unpaired) electrons. The molecule has 2 aromatic carbocycles. The van der Waals surface area contributed by atoms with Crippen LogP contribution in [0.25, 0.3) is 22.3 Å². The third-order valence-electron chi connectivity index (χ3n) is 15.9. The number of alkyl carbamates (subject to hydrolysis) is 1. The largest absolute Gasteiger partial charge is 0.458 e. The second-order valence-corrected chi connectivity index (χ2v) is 23.1. The maximum absolute atomic E-state index is 15.5. The predicted molar refractivity (Wildman–Crippen MR) is 306 cm³/mol. The number of Topliss-reactive ketones (excluding diaryl/α,β-unsaturated/α-hetero) is 2. The number of imide groups is 1. The molecule has 4 aliphatic rings. The first-order chi connectivity index (χ1) is 40.5. The zero-order chi connectivity index (χ0) is 61.3. The fraction of sp³-hybridized carbons (Fsp3) is 0.484. The van der Waals surface area contributed by atoms with Crippen molar-refractivity contribution in [2.24, 2.45) is 5.92 Å². The Morgan fingerprint density at radius 2 is 1.60 bits per heavy atom. The van der Waals surface area contributed by atoms with E-state index in [1.807, 2.05) is 0 Å². The topological polar surface area (TPSA) is 308 Å². The SMILES string of the molecule is CC[C@@]1(O)C(=O)OCc2c1cc1n(c2=O)Cc2c-1nc1cc(F)c(C)c3c1c2[C@@H](NC(=O)CNC(=O)[C@@H](CC(=O)CNC(=O)CCC(=O)[C@H](CCCCNC(=O)OC(C)(C)C)NC(=O)CCCCCN1C(=O)C=CC1=O)Cc1ccccc1)CC3. The van der Waals surface area contributed by atoms with Crippen molar-refractivity contribution < 1.29 is 66.9 Å². The van der Waals surface area contributed by atoms with Gasteiger partial charge in [-0.1, -0.05) is 43.7 Å². The quantitative estimate of drug-likeness (QED) is 0.0236. The molecule has 22 nitrogen and oxygen atoms in total. The number of benzene rings is 2. The van der Waals surface area contributed by atoms with Crippen LogP contribution in [0.4, 0.5) is 9.18 Å². The number of cyclic esters (lactones) is 1. The number of aromatic nitrogens is 2. The van der Waals surface area contributed by atoms with Crippen LogP contribution in [0.1, 0.15) is 150 Å². The number of carbonyl (C=O) groups excluding carboxylic acids is 10. The van der Waals surface area contributed by atoms with E-state index in [-0.39, 0.29) is 94.1 Å². The molecule has 23 heteroatoms. The molecule has 8 rings (SSSR count). The second kappa shape index (κ2) is 27.1. The summed E-state index contributed by atoms with van der Waals surface area (Å²) in [4.78, 5) is 150. The number of unbranched alkanes of at least 4 members (excludes halogenated alkanes) is 3. The molecule has 0 saturated heterocycles. The van der Waals surface area contributed by atoms with E-state index in [1.54, 1.807) is 71.0 Å². The maximum Gasteiger partial charge on any atom is 0.407 e. The molecule has 4 atom stereocenters. The molecule has 0 bridgehead atoms. The number of rotatable bonds is 27. The molecular weight excluding hydrogens is 1100 g/mol. The van der Waals surface area contributed by atoms with Crippen molar-refractivity contribution in [2.45, 2.75) is 161 Å². The highest BCUT2D eigenvalue weighted by Crippen LogP contribution is 2.46. The van der Waals surface area contributed by atoms with Crippen molar-refractivity contribution in [1.82, 2.24) is 41.0 Å². The monoisotopic (exact) mass is 1170 g/mol. The normalized spacial score (nSPS) is 17.3. The van der Waals surface area contributed by atoms with E-state index in [1.165, 1.54) is 22.8 Å². The lowest BCUT2D eigenvalue weighted by atomic mass is 9.81. The smallest absolute Gasteiger partial charge is 0.407 e. The Morgan fingerprint density at radius 1 is 0.859 bits per heavy atom. The highest BCUT2D eigenvalue weighted by Gasteiger charge is 2.46. The summed E-state index contributed by atoms with van der Waals surface area (Å²) in [6.45, 7) is 7.68. The van der Waals surface area contributed by atoms with E-state index < -0.39 is 101 Å². The van der Waals surface area contributed by atoms with Gasteiger partial charge in [0.25, 0.3) is 17.4 Å². The minimum Gasteiger partial charge on any atom is -0.458 e. The average Bonchev–Trinajstić information content (AvgIpc) is 1.83. The van der Waals surface area contributed by atoms with Gasteiger partial charge in [-0.25, -0.2) is 19.0 Å². The molecule has 1 aliphatic carbocycles. The van der Waals surface area contributed by atoms with Gasteiger partial charge < -0.3 is 45.7 Å². The molecule has 452 valence electrons. The Hall–Kier alpha value is -8.47. The molecule has 0 spiro atoms. The number of ether oxygens (including phenoxy) is 2. The zero-order valence-corrected chi connectivity index (χ0v) is 48.5. The van der Waals surface area contributed by atoms with Gasteiger partial charge in [0.05, 0.1) is 54.2 Å². The third-order valence-corrected chi connectivity index (χ3v) is 15.9. The molecule has 2 aromatic heterocycles. The Bertz CT molecular complexity index is 3410. The minimum absolute atomic E-state index is 0.0259. The zero-order valence-electron chi connectivity index (χ0n) is 48.5. The molecule has 3 aliphatic heterocycles. The number of aryl methyl sites for hydroxylation is 1. The molecular formula is C62H73FN8O14. The van der Waals surface area contributed by atoms with Crippen LogP contribution in [0.3, 0.4) is 0 Å². The molecule has 5 heterocycles. The number of esters is 1. The first-order valence-corrected chi connectivity index (χ1v) is 29.0. The number of aliphatic hydroxyl groups is 1. The fourth-order valence-electron chi connectivity index (χ4n) is 11.4. The Kier molecular flexibility index (Phi) is 19.9. The number of carbonyl (C=O) groups is 10. The Labute approximate surface area is 490 Å². The molecule has 0 unspecified atom stereocenters. The van der Waals surface area contributed by atoms with Crippen molar-refractivity contribution in [1.29, 1.82) is 0 Å². The number of nitrogens with one attached hydrogen (secondary N) is 5. The molecule has 0 saturated carbocycles. The number of pyridine rings is 2. The summed E-state index contributed by atoms with van der Waals surface area (Å²) in [5.41, 5.74) is 1.01. The number of halogens is 1. The van der Waals surface area contributed by atoms with Gasteiger partial charge in [0.1, 0.15) is 18.0 Å². The summed E-state index contributed by atoms with van der Waals surface area (Å²) >= 11 is 0. The van der Waals surface area contributed by atoms with Crippen LogP contribution in [0.2, 0.25) is 0 Å². The lowest BCUT2D eigenvalue weighted by Crippen LogP contribution is -2.44. The van der Waals surface area contributed by atoms with Crippen molar-refractivity contribution in [3.63, 3.8) is 0 Å². The highest BCUT2D eigenvalue weighted by atomic mass is 19.1. The van der Waals surface area contributed by atoms with Crippen molar-refractivity contribution in [3.05, 3.63) is 110 Å². The lowest BCUT2D eigenvalue weighted by Gasteiger charge is -2.31. The van der Waals surface area contributed by atoms with E-state index >= 15 is 4.39 Å². The molecule has 85 heavy (non-hydrogen) atoms. The molecule has 4 aromatic rings. The standard InChI is InChI=1S/C62H73FN8O14/c1-6-62(83)42-29-47-56-40(33-71(47)58(80)41(42)34-84-59(62)81)55-45(20-19-39-35(2)43(63)30-46(69-56)54(39)55)68-51(76)32-66-57(79)37(27-36-15-9-7-10-16-36)28-38(72)31-65-49(74)22-21-48(73)44(17-12-13-25-64-60(82)85-61(3,4)5)67-50(75)18-11-8-14-26-70-52(77)23-24-53(70)78/h7,9-10,15-16,23-24,29-30,37,44-45,83H,6,8,11-14,17-22,25-28,31-34H2,1-5H3,(H,64,82)(H,65,74)(H,66,79)(H,67,75)(H,68,76)/t37-,44+,45+,62+/m1/s1. The van der Waals surface area contributed by atoms with E-state index in [0.717, 1.165) is 10.5 Å². The average molecular weight is 1170 g/mol. The van der Waals surface area contributed by atoms with E-state index in [4.69, 9.17) is 14.5 Å². The van der Waals surface area contributed by atoms with E-state index in [9.17, 15) is 57.8 Å². The minimum atomic E-state index is -2.07. The van der Waals surface area contributed by atoms with Crippen LogP contribution in [0, 0.1) is 18.7 Å². The third kappa shape index (κ3) is 14.9. The van der Waals surface area contributed by atoms with E-state index in [2.05, 4.69) is 26.6 Å². The van der Waals surface area contributed by atoms with Crippen LogP contribution < -0.4 is 32.1 Å². The second-order valence-electron chi connectivity index (χ2n) is 23.1. The summed E-state index contributed by atoms with van der Waals surface area (Å²) in [6, 6.07) is 10.2. The predicted octanol–water partition coefficient (Wildman–Crippen LogP) is 4.70. The summed E-state index contributed by atoms with van der Waals surface area (Å²) in [5, 5.41) is 25.8. The van der Waals surface area contributed by atoms with Gasteiger partial charge in [-0.2, -0.15) is 0 Å². The van der Waals surface area contributed by atoms with Gasteiger partial charge in [0.15, 0.2) is 17.2 Å². The molecule has 7 amide bonds. The van der Waals surface area contributed by atoms with Gasteiger partial charge >= 0.3 is 12.1 Å². The van der Waals surface area contributed by atoms with Gasteiger partial charge in [-0.05, 0) is 114 Å². The number of hydrogen-bond acceptors (Lipinski definition) is 15. The number of fused-ring (bicyclic) bond motifs is 5. The summed E-state index contributed by atoms with van der Waals surface area (Å²) < 4.78 is 27.5. The number of ketones is 2. The van der Waals surface area contributed by atoms with Crippen LogP contribution in [0.5, 0.6) is 0 Å². The van der Waals surface area contributed by atoms with Crippen LogP contribution in [-0.4, -0.2) is 116 Å².